The van der Waals surface area contributed by atoms with Crippen LogP contribution < -0.4 is 5.32 Å². The van der Waals surface area contributed by atoms with Crippen LogP contribution in [-0.4, -0.2) is 18.8 Å². The van der Waals surface area contributed by atoms with Gasteiger partial charge < -0.3 is 10.1 Å². The maximum atomic E-state index is 6.06. The highest BCUT2D eigenvalue weighted by atomic mass is 79.9. The van der Waals surface area contributed by atoms with Crippen molar-refractivity contribution in [3.63, 3.8) is 0 Å². The first-order valence-corrected chi connectivity index (χ1v) is 7.50. The summed E-state index contributed by atoms with van der Waals surface area (Å²) in [6.45, 7) is 5.44. The molecular formula is C14H17BrClNO. The highest BCUT2D eigenvalue weighted by Gasteiger charge is 2.59. The topological polar surface area (TPSA) is 21.3 Å². The SMILES string of the molecule is CC1(C)C(Nc2cc(Cl)ccc2Br)C2CCOC21. The maximum absolute atomic E-state index is 6.06. The summed E-state index contributed by atoms with van der Waals surface area (Å²) in [7, 11) is 0. The van der Waals surface area contributed by atoms with Crippen LogP contribution in [0.3, 0.4) is 0 Å². The van der Waals surface area contributed by atoms with Gasteiger partial charge in [-0.25, -0.2) is 0 Å². The zero-order valence-corrected chi connectivity index (χ0v) is 12.9. The number of halogens is 2. The molecule has 2 nitrogen and oxygen atoms in total. The minimum Gasteiger partial charge on any atom is -0.380 e. The molecule has 4 heteroatoms. The van der Waals surface area contributed by atoms with Gasteiger partial charge in [-0.2, -0.15) is 0 Å². The lowest BCUT2D eigenvalue weighted by atomic mass is 9.57. The minimum atomic E-state index is 0.183. The number of benzene rings is 1. The van der Waals surface area contributed by atoms with Crippen molar-refractivity contribution >= 4 is 33.2 Å². The second-order valence-corrected chi connectivity index (χ2v) is 7.10. The lowest BCUT2D eigenvalue weighted by molar-refractivity contribution is -0.0923. The van der Waals surface area contributed by atoms with Gasteiger partial charge in [0, 0.05) is 33.5 Å². The first-order chi connectivity index (χ1) is 8.50. The van der Waals surface area contributed by atoms with E-state index in [0.717, 1.165) is 28.2 Å². The first-order valence-electron chi connectivity index (χ1n) is 6.33. The predicted octanol–water partition coefficient (Wildman–Crippen LogP) is 4.33. The zero-order chi connectivity index (χ0) is 12.9. The van der Waals surface area contributed by atoms with Crippen molar-refractivity contribution in [3.8, 4) is 0 Å². The van der Waals surface area contributed by atoms with Gasteiger partial charge in [-0.05, 0) is 40.5 Å². The van der Waals surface area contributed by atoms with Crippen molar-refractivity contribution in [2.24, 2.45) is 11.3 Å². The molecule has 3 unspecified atom stereocenters. The molecule has 0 radical (unpaired) electrons. The molecule has 18 heavy (non-hydrogen) atoms. The monoisotopic (exact) mass is 329 g/mol. The Morgan fingerprint density at radius 1 is 1.44 bits per heavy atom. The molecule has 2 aliphatic rings. The molecule has 0 aromatic heterocycles. The molecule has 0 bridgehead atoms. The molecule has 1 aromatic rings. The Balaban J connectivity index is 1.82. The van der Waals surface area contributed by atoms with Gasteiger partial charge in [0.05, 0.1) is 11.8 Å². The standard InChI is InChI=1S/C14H17BrClNO/c1-14(2)12(9-5-6-18-13(9)14)17-11-7-8(16)3-4-10(11)15/h3-4,7,9,12-13,17H,5-6H2,1-2H3. The third kappa shape index (κ3) is 1.87. The van der Waals surface area contributed by atoms with Gasteiger partial charge >= 0.3 is 0 Å². The highest BCUT2D eigenvalue weighted by molar-refractivity contribution is 9.10. The molecule has 3 atom stereocenters. The van der Waals surface area contributed by atoms with E-state index < -0.39 is 0 Å². The van der Waals surface area contributed by atoms with Gasteiger partial charge in [-0.3, -0.25) is 0 Å². The lowest BCUT2D eigenvalue weighted by Gasteiger charge is -2.55. The number of anilines is 1. The molecule has 1 saturated heterocycles. The summed E-state index contributed by atoms with van der Waals surface area (Å²) in [5, 5.41) is 4.40. The molecular weight excluding hydrogens is 314 g/mol. The second-order valence-electron chi connectivity index (χ2n) is 5.81. The van der Waals surface area contributed by atoms with Gasteiger partial charge in [-0.15, -0.1) is 0 Å². The van der Waals surface area contributed by atoms with Crippen LogP contribution >= 0.6 is 27.5 Å². The fourth-order valence-electron chi connectivity index (χ4n) is 3.39. The van der Waals surface area contributed by atoms with Crippen LogP contribution in [0.2, 0.25) is 5.02 Å². The number of nitrogens with one attached hydrogen (secondary N) is 1. The van der Waals surface area contributed by atoms with Crippen LogP contribution in [-0.2, 0) is 4.74 Å². The van der Waals surface area contributed by atoms with Crippen molar-refractivity contribution in [1.82, 2.24) is 0 Å². The van der Waals surface area contributed by atoms with E-state index in [4.69, 9.17) is 16.3 Å². The Morgan fingerprint density at radius 2 is 2.22 bits per heavy atom. The molecule has 1 aliphatic carbocycles. The lowest BCUT2D eigenvalue weighted by Crippen LogP contribution is -2.63. The van der Waals surface area contributed by atoms with Crippen molar-refractivity contribution in [2.45, 2.75) is 32.4 Å². The minimum absolute atomic E-state index is 0.183. The van der Waals surface area contributed by atoms with E-state index in [1.165, 1.54) is 0 Å². The molecule has 1 aliphatic heterocycles. The summed E-state index contributed by atoms with van der Waals surface area (Å²) in [5.74, 6) is 0.630. The van der Waals surface area contributed by atoms with Crippen molar-refractivity contribution in [2.75, 3.05) is 11.9 Å². The molecule has 1 aromatic carbocycles. The fourth-order valence-corrected chi connectivity index (χ4v) is 3.93. The van der Waals surface area contributed by atoms with Gasteiger partial charge in [-0.1, -0.05) is 25.4 Å². The number of rotatable bonds is 2. The average Bonchev–Trinajstić information content (AvgIpc) is 2.77. The third-order valence-corrected chi connectivity index (χ3v) is 5.27. The average molecular weight is 331 g/mol. The summed E-state index contributed by atoms with van der Waals surface area (Å²) < 4.78 is 6.87. The van der Waals surface area contributed by atoms with E-state index >= 15 is 0 Å². The smallest absolute Gasteiger partial charge is 0.0694 e. The van der Waals surface area contributed by atoms with Crippen LogP contribution in [0.15, 0.2) is 22.7 Å². The van der Waals surface area contributed by atoms with Crippen molar-refractivity contribution < 1.29 is 4.74 Å². The summed E-state index contributed by atoms with van der Waals surface area (Å²) in [4.78, 5) is 0. The Morgan fingerprint density at radius 3 is 3.00 bits per heavy atom. The number of hydrogen-bond acceptors (Lipinski definition) is 2. The fraction of sp³-hybridized carbons (Fsp3) is 0.571. The van der Waals surface area contributed by atoms with E-state index in [0.29, 0.717) is 18.1 Å². The molecule has 98 valence electrons. The number of fused-ring (bicyclic) bond motifs is 1. The van der Waals surface area contributed by atoms with Crippen LogP contribution in [0.5, 0.6) is 0 Å². The summed E-state index contributed by atoms with van der Waals surface area (Å²) in [6.07, 6.45) is 1.57. The van der Waals surface area contributed by atoms with Gasteiger partial charge in [0.2, 0.25) is 0 Å². The van der Waals surface area contributed by atoms with Crippen LogP contribution in [0.25, 0.3) is 0 Å². The highest BCUT2D eigenvalue weighted by Crippen LogP contribution is 2.53. The van der Waals surface area contributed by atoms with Crippen LogP contribution in [0.1, 0.15) is 20.3 Å². The molecule has 1 heterocycles. The van der Waals surface area contributed by atoms with Gasteiger partial charge in [0.25, 0.3) is 0 Å². The Bertz CT molecular complexity index is 477. The molecule has 2 fully saturated rings. The summed E-state index contributed by atoms with van der Waals surface area (Å²) in [6, 6.07) is 6.31. The second kappa shape index (κ2) is 4.39. The van der Waals surface area contributed by atoms with Crippen molar-refractivity contribution in [3.05, 3.63) is 27.7 Å². The summed E-state index contributed by atoms with van der Waals surface area (Å²) >= 11 is 9.63. The molecule has 0 amide bonds. The van der Waals surface area contributed by atoms with E-state index in [2.05, 4.69) is 35.1 Å². The van der Waals surface area contributed by atoms with E-state index in [1.54, 1.807) is 0 Å². The Hall–Kier alpha value is -0.250. The normalized spacial score (nSPS) is 32.8. The van der Waals surface area contributed by atoms with E-state index in [-0.39, 0.29) is 5.41 Å². The maximum Gasteiger partial charge on any atom is 0.0694 e. The van der Waals surface area contributed by atoms with Crippen LogP contribution in [0.4, 0.5) is 5.69 Å². The Kier molecular flexibility index (Phi) is 3.12. The van der Waals surface area contributed by atoms with E-state index in [1.807, 2.05) is 18.2 Å². The predicted molar refractivity (Wildman–Crippen MR) is 78.2 cm³/mol. The number of ether oxygens (including phenoxy) is 1. The number of hydrogen-bond donors (Lipinski definition) is 1. The van der Waals surface area contributed by atoms with Gasteiger partial charge in [0.15, 0.2) is 0 Å². The third-order valence-electron chi connectivity index (χ3n) is 4.34. The molecule has 3 rings (SSSR count). The quantitative estimate of drug-likeness (QED) is 0.871. The molecule has 1 saturated carbocycles. The first kappa shape index (κ1) is 12.8. The largest absolute Gasteiger partial charge is 0.380 e. The summed E-state index contributed by atoms with van der Waals surface area (Å²) in [5.41, 5.74) is 1.26. The van der Waals surface area contributed by atoms with E-state index in [9.17, 15) is 0 Å². The Labute approximate surface area is 121 Å². The van der Waals surface area contributed by atoms with Crippen molar-refractivity contribution in [1.29, 1.82) is 0 Å². The molecule has 0 spiro atoms. The molecule has 1 N–H and O–H groups in total. The van der Waals surface area contributed by atoms with Gasteiger partial charge in [0.1, 0.15) is 0 Å². The van der Waals surface area contributed by atoms with Crippen LogP contribution in [0, 0.1) is 11.3 Å². The zero-order valence-electron chi connectivity index (χ0n) is 10.5.